The van der Waals surface area contributed by atoms with Gasteiger partial charge in [-0.05, 0) is 14.5 Å². The summed E-state index contributed by atoms with van der Waals surface area (Å²) in [6.45, 7) is 9.29. The van der Waals surface area contributed by atoms with E-state index < -0.39 is 8.07 Å². The van der Waals surface area contributed by atoms with E-state index in [1.165, 1.54) is 54.4 Å². The molecule has 3 aliphatic carbocycles. The van der Waals surface area contributed by atoms with Crippen LogP contribution in [0.4, 0.5) is 0 Å². The van der Waals surface area contributed by atoms with Crippen molar-refractivity contribution in [3.05, 3.63) is 83.1 Å². The third-order valence-corrected chi connectivity index (χ3v) is 9.14. The molecular formula is C28H34Cl2SiZr-2. The summed E-state index contributed by atoms with van der Waals surface area (Å²) in [6.07, 6.45) is 16.2. The number of hydrogen-bond acceptors (Lipinski definition) is 0. The van der Waals surface area contributed by atoms with Gasteiger partial charge < -0.3 is 24.8 Å². The van der Waals surface area contributed by atoms with Gasteiger partial charge in [0.2, 0.25) is 0 Å². The average Bonchev–Trinajstić information content (AvgIpc) is 3.33. The minimum Gasteiger partial charge on any atom is -0.179 e. The zero-order valence-corrected chi connectivity index (χ0v) is 24.7. The van der Waals surface area contributed by atoms with Crippen LogP contribution in [-0.2, 0) is 30.7 Å². The number of hydrogen-bond donors (Lipinski definition) is 0. The normalized spacial score (nSPS) is 17.9. The molecular weight excluding hydrogens is 527 g/mol. The molecule has 2 aromatic carbocycles. The molecule has 1 atom stereocenters. The first kappa shape index (κ1) is 29.5. The Morgan fingerprint density at radius 1 is 0.906 bits per heavy atom. The van der Waals surface area contributed by atoms with E-state index >= 15 is 0 Å². The van der Waals surface area contributed by atoms with E-state index in [2.05, 4.69) is 87.3 Å². The van der Waals surface area contributed by atoms with Gasteiger partial charge in [0.05, 0.1) is 0 Å². The predicted octanol–water partition coefficient (Wildman–Crippen LogP) is 1.53. The minimum atomic E-state index is -1.02. The molecule has 0 N–H and O–H groups in total. The Bertz CT molecular complexity index is 889. The summed E-state index contributed by atoms with van der Waals surface area (Å²) in [5.41, 5.74) is 5.51. The summed E-state index contributed by atoms with van der Waals surface area (Å²) in [6, 6.07) is 18.1. The van der Waals surface area contributed by atoms with E-state index in [0.717, 1.165) is 6.42 Å². The minimum absolute atomic E-state index is 0. The number of allylic oxidation sites excluding steroid dienone is 4. The van der Waals surface area contributed by atoms with Gasteiger partial charge in [0, 0.05) is 0 Å². The zero-order valence-electron chi connectivity index (χ0n) is 19.8. The van der Waals surface area contributed by atoms with Gasteiger partial charge in [-0.15, -0.1) is 5.56 Å². The largest absolute Gasteiger partial charge is 0.179 e. The Hall–Kier alpha value is -0.530. The quantitative estimate of drug-likeness (QED) is 0.313. The Kier molecular flexibility index (Phi) is 12.9. The molecule has 2 aromatic rings. The van der Waals surface area contributed by atoms with Crippen molar-refractivity contribution >= 4 is 11.3 Å². The average molecular weight is 561 g/mol. The second kappa shape index (κ2) is 14.0. The number of rotatable bonds is 1. The van der Waals surface area contributed by atoms with Crippen molar-refractivity contribution in [2.75, 3.05) is 0 Å². The molecule has 0 saturated heterocycles. The molecule has 0 aromatic heterocycles. The van der Waals surface area contributed by atoms with Gasteiger partial charge in [0.25, 0.3) is 0 Å². The third kappa shape index (κ3) is 8.68. The van der Waals surface area contributed by atoms with Crippen molar-refractivity contribution in [1.82, 2.24) is 0 Å². The van der Waals surface area contributed by atoms with Crippen LogP contribution in [0.5, 0.6) is 0 Å². The summed E-state index contributed by atoms with van der Waals surface area (Å²) in [5.74, 6) is 0.557. The van der Waals surface area contributed by atoms with Gasteiger partial charge in [0.1, 0.15) is 0 Å². The maximum Gasteiger partial charge on any atom is -0.0253 e. The summed E-state index contributed by atoms with van der Waals surface area (Å²) in [4.78, 5) is 0. The first-order valence-corrected chi connectivity index (χ1v) is 16.0. The van der Waals surface area contributed by atoms with E-state index in [1.807, 2.05) is 6.07 Å². The fourth-order valence-corrected chi connectivity index (χ4v) is 6.16. The molecule has 170 valence electrons. The van der Waals surface area contributed by atoms with Crippen LogP contribution in [0.3, 0.4) is 0 Å². The first-order valence-electron chi connectivity index (χ1n) is 11.3. The summed E-state index contributed by atoms with van der Waals surface area (Å²) in [5, 5.41) is 1.56. The van der Waals surface area contributed by atoms with Crippen LogP contribution in [0.15, 0.2) is 59.8 Å². The standard InChI is InChI=1S/C13H9.C9H15Si.C6H10.2ClH.Zr/c1-3-7-12-10(5-1)9-11-6-2-4-8-13(11)12;1-8-5-6-9(7-8)10(2,3)4;1-2-4-6-5-3-1;;;/h1-5,7-8H,9H2;6-8H,1-4H3;1-5H2;2*1H;/q2*-1;;;;+2/p-2. The van der Waals surface area contributed by atoms with Gasteiger partial charge in [-0.25, -0.2) is 11.3 Å². The fraction of sp³-hybridized carbons (Fsp3) is 0.393. The summed E-state index contributed by atoms with van der Waals surface area (Å²) < 4.78 is 1.80. The Morgan fingerprint density at radius 2 is 1.56 bits per heavy atom. The molecule has 0 radical (unpaired) electrons. The Morgan fingerprint density at radius 3 is 2.09 bits per heavy atom. The van der Waals surface area contributed by atoms with Gasteiger partial charge in [-0.1, -0.05) is 67.9 Å². The summed E-state index contributed by atoms with van der Waals surface area (Å²) >= 11 is 1.69. The van der Waals surface area contributed by atoms with Crippen molar-refractivity contribution < 1.29 is 49.0 Å². The molecule has 5 rings (SSSR count). The molecule has 0 nitrogen and oxygen atoms in total. The van der Waals surface area contributed by atoms with Crippen LogP contribution in [0.25, 0.3) is 11.1 Å². The SMILES string of the molecule is CC1[C-]=CC([Si](C)(C)C)=C1.[Cl-].[Cl-].[Zr+2]=[C]1CCCCC1.[c-]1cccc2c1Cc1ccccc1-2. The number of fused-ring (bicyclic) bond motifs is 3. The second-order valence-electron chi connectivity index (χ2n) is 9.53. The molecule has 3 aliphatic rings. The zero-order chi connectivity index (χ0) is 21.6. The van der Waals surface area contributed by atoms with Crippen molar-refractivity contribution in [1.29, 1.82) is 0 Å². The van der Waals surface area contributed by atoms with Crippen molar-refractivity contribution in [3.8, 4) is 11.1 Å². The molecule has 1 fully saturated rings. The topological polar surface area (TPSA) is 0 Å². The van der Waals surface area contributed by atoms with Crippen LogP contribution in [0.2, 0.25) is 19.6 Å². The molecule has 0 amide bonds. The molecule has 0 heterocycles. The molecule has 0 aliphatic heterocycles. The van der Waals surface area contributed by atoms with Crippen molar-refractivity contribution in [3.63, 3.8) is 0 Å². The van der Waals surface area contributed by atoms with E-state index in [-0.39, 0.29) is 24.8 Å². The molecule has 4 heteroatoms. The van der Waals surface area contributed by atoms with Crippen molar-refractivity contribution in [2.24, 2.45) is 5.92 Å². The molecule has 0 spiro atoms. The smallest absolute Gasteiger partial charge is 0.0253 e. The van der Waals surface area contributed by atoms with E-state index in [1.54, 1.807) is 32.6 Å². The van der Waals surface area contributed by atoms with Gasteiger partial charge in [-0.2, -0.15) is 35.9 Å². The number of benzene rings is 2. The Labute approximate surface area is 224 Å². The van der Waals surface area contributed by atoms with Crippen LogP contribution in [0, 0.1) is 18.1 Å². The molecule has 1 saturated carbocycles. The van der Waals surface area contributed by atoms with Crippen LogP contribution in [-0.4, -0.2) is 11.3 Å². The monoisotopic (exact) mass is 558 g/mol. The molecule has 32 heavy (non-hydrogen) atoms. The summed E-state index contributed by atoms with van der Waals surface area (Å²) in [7, 11) is -1.02. The van der Waals surface area contributed by atoms with E-state index in [0.29, 0.717) is 5.92 Å². The third-order valence-electron chi connectivity index (χ3n) is 5.87. The maximum atomic E-state index is 3.30. The van der Waals surface area contributed by atoms with E-state index in [4.69, 9.17) is 0 Å². The van der Waals surface area contributed by atoms with Crippen LogP contribution < -0.4 is 24.8 Å². The van der Waals surface area contributed by atoms with Crippen LogP contribution in [0.1, 0.15) is 50.2 Å². The van der Waals surface area contributed by atoms with Gasteiger partial charge >= 0.3 is 59.5 Å². The van der Waals surface area contributed by atoms with Gasteiger partial charge in [-0.3, -0.25) is 6.08 Å². The molecule has 0 bridgehead atoms. The maximum absolute atomic E-state index is 3.30. The first-order chi connectivity index (χ1) is 14.3. The second-order valence-corrected chi connectivity index (χ2v) is 16.3. The fourth-order valence-electron chi connectivity index (χ4n) is 4.03. The van der Waals surface area contributed by atoms with E-state index in [9.17, 15) is 0 Å². The Balaban J connectivity index is 0.000000244. The van der Waals surface area contributed by atoms with Gasteiger partial charge in [0.15, 0.2) is 0 Å². The van der Waals surface area contributed by atoms with Crippen LogP contribution >= 0.6 is 0 Å². The molecule has 1 unspecified atom stereocenters. The predicted molar refractivity (Wildman–Crippen MR) is 130 cm³/mol. The number of halogens is 2. The van der Waals surface area contributed by atoms with Crippen molar-refractivity contribution in [2.45, 2.75) is 65.1 Å².